The predicted molar refractivity (Wildman–Crippen MR) is 51.6 cm³/mol. The molecule has 0 aromatic heterocycles. The molecule has 2 aliphatic heterocycles. The summed E-state index contributed by atoms with van der Waals surface area (Å²) < 4.78 is 26.1. The second-order valence-corrected chi connectivity index (χ2v) is 4.55. The minimum Gasteiger partial charge on any atom is -0.316 e. The molecule has 1 N–H and O–H groups in total. The molecule has 14 heavy (non-hydrogen) atoms. The van der Waals surface area contributed by atoms with Crippen molar-refractivity contribution in [2.75, 3.05) is 32.7 Å². The molecule has 4 heteroatoms. The van der Waals surface area contributed by atoms with Gasteiger partial charge in [0.15, 0.2) is 0 Å². The van der Waals surface area contributed by atoms with E-state index in [9.17, 15) is 8.78 Å². The van der Waals surface area contributed by atoms with Crippen LogP contribution in [0.3, 0.4) is 0 Å². The van der Waals surface area contributed by atoms with Gasteiger partial charge in [0.1, 0.15) is 0 Å². The first-order valence-corrected chi connectivity index (χ1v) is 5.47. The molecule has 0 radical (unpaired) electrons. The molecule has 0 aromatic carbocycles. The smallest absolute Gasteiger partial charge is 0.260 e. The lowest BCUT2D eigenvalue weighted by molar-refractivity contribution is -0.0664. The van der Waals surface area contributed by atoms with Gasteiger partial charge in [-0.1, -0.05) is 0 Å². The molecule has 82 valence electrons. The van der Waals surface area contributed by atoms with E-state index in [0.717, 1.165) is 32.6 Å². The number of hydrogen-bond donors (Lipinski definition) is 1. The summed E-state index contributed by atoms with van der Waals surface area (Å²) in [5, 5.41) is 3.27. The molecular formula is C10H18F2N2. The predicted octanol–water partition coefficient (Wildman–Crippen LogP) is 1.33. The maximum atomic E-state index is 13.1. The lowest BCUT2D eigenvalue weighted by Gasteiger charge is -2.33. The van der Waals surface area contributed by atoms with Gasteiger partial charge in [0.05, 0.1) is 6.54 Å². The van der Waals surface area contributed by atoms with Gasteiger partial charge in [-0.3, -0.25) is 4.90 Å². The van der Waals surface area contributed by atoms with Crippen LogP contribution < -0.4 is 5.32 Å². The zero-order chi connectivity index (χ0) is 10.0. The number of hydrogen-bond acceptors (Lipinski definition) is 2. The third-order valence-electron chi connectivity index (χ3n) is 3.15. The molecule has 2 heterocycles. The van der Waals surface area contributed by atoms with Crippen LogP contribution in [-0.2, 0) is 0 Å². The minimum absolute atomic E-state index is 0.0243. The molecule has 2 fully saturated rings. The van der Waals surface area contributed by atoms with E-state index in [1.165, 1.54) is 0 Å². The average molecular weight is 204 g/mol. The fraction of sp³-hybridized carbons (Fsp3) is 1.00. The van der Waals surface area contributed by atoms with Crippen LogP contribution in [0.1, 0.15) is 19.3 Å². The third kappa shape index (κ3) is 2.64. The summed E-state index contributed by atoms with van der Waals surface area (Å²) in [5.41, 5.74) is 0. The zero-order valence-electron chi connectivity index (χ0n) is 8.44. The number of alkyl halides is 2. The highest BCUT2D eigenvalue weighted by Gasteiger charge is 2.35. The summed E-state index contributed by atoms with van der Waals surface area (Å²) in [6.07, 6.45) is 1.86. The van der Waals surface area contributed by atoms with E-state index in [4.69, 9.17) is 0 Å². The van der Waals surface area contributed by atoms with Crippen molar-refractivity contribution in [1.29, 1.82) is 0 Å². The maximum Gasteiger partial charge on any atom is 0.260 e. The zero-order valence-corrected chi connectivity index (χ0v) is 8.44. The summed E-state index contributed by atoms with van der Waals surface area (Å²) in [4.78, 5) is 1.93. The Kier molecular flexibility index (Phi) is 3.02. The summed E-state index contributed by atoms with van der Waals surface area (Å²) in [7, 11) is 0. The number of nitrogens with zero attached hydrogens (tertiary/aromatic N) is 1. The average Bonchev–Trinajstić information content (AvgIpc) is 2.54. The van der Waals surface area contributed by atoms with Gasteiger partial charge in [-0.05, 0) is 38.4 Å². The molecule has 0 aromatic rings. The van der Waals surface area contributed by atoms with Crippen LogP contribution in [0.25, 0.3) is 0 Å². The number of rotatable bonds is 2. The van der Waals surface area contributed by atoms with E-state index in [2.05, 4.69) is 5.32 Å². The van der Waals surface area contributed by atoms with Crippen molar-refractivity contribution in [2.45, 2.75) is 25.2 Å². The maximum absolute atomic E-state index is 13.1. The molecule has 0 amide bonds. The van der Waals surface area contributed by atoms with E-state index in [-0.39, 0.29) is 13.0 Å². The number of piperidine rings is 1. The molecule has 2 nitrogen and oxygen atoms in total. The van der Waals surface area contributed by atoms with Crippen LogP contribution in [0, 0.1) is 5.92 Å². The van der Waals surface area contributed by atoms with Gasteiger partial charge in [0, 0.05) is 13.0 Å². The molecule has 1 atom stereocenters. The van der Waals surface area contributed by atoms with Gasteiger partial charge in [-0.2, -0.15) is 0 Å². The second kappa shape index (κ2) is 4.11. The van der Waals surface area contributed by atoms with Crippen molar-refractivity contribution >= 4 is 0 Å². The fourth-order valence-electron chi connectivity index (χ4n) is 2.44. The monoisotopic (exact) mass is 204 g/mol. The highest BCUT2D eigenvalue weighted by atomic mass is 19.3. The molecule has 2 rings (SSSR count). The van der Waals surface area contributed by atoms with E-state index in [1.54, 1.807) is 0 Å². The van der Waals surface area contributed by atoms with Crippen molar-refractivity contribution in [3.05, 3.63) is 0 Å². The lowest BCUT2D eigenvalue weighted by Crippen LogP contribution is -2.44. The number of likely N-dealkylation sites (tertiary alicyclic amines) is 1. The Morgan fingerprint density at radius 3 is 2.93 bits per heavy atom. The SMILES string of the molecule is FC1(F)CCCN(CC2CCNC2)C1. The van der Waals surface area contributed by atoms with Crippen LogP contribution in [0.2, 0.25) is 0 Å². The Balaban J connectivity index is 1.79. The quantitative estimate of drug-likeness (QED) is 0.730. The van der Waals surface area contributed by atoms with Gasteiger partial charge in [0.25, 0.3) is 5.92 Å². The van der Waals surface area contributed by atoms with Crippen molar-refractivity contribution in [1.82, 2.24) is 10.2 Å². The van der Waals surface area contributed by atoms with Gasteiger partial charge in [0.2, 0.25) is 0 Å². The molecule has 2 aliphatic rings. The Labute approximate surface area is 83.7 Å². The normalized spacial score (nSPS) is 33.4. The fourth-order valence-corrected chi connectivity index (χ4v) is 2.44. The van der Waals surface area contributed by atoms with Crippen LogP contribution in [-0.4, -0.2) is 43.5 Å². The van der Waals surface area contributed by atoms with Crippen molar-refractivity contribution in [2.24, 2.45) is 5.92 Å². The molecule has 0 saturated carbocycles. The standard InChI is InChI=1S/C10H18F2N2/c11-10(12)3-1-5-14(8-10)7-9-2-4-13-6-9/h9,13H,1-8H2. The summed E-state index contributed by atoms with van der Waals surface area (Å²) >= 11 is 0. The largest absolute Gasteiger partial charge is 0.316 e. The van der Waals surface area contributed by atoms with Crippen molar-refractivity contribution < 1.29 is 8.78 Å². The molecule has 1 unspecified atom stereocenters. The van der Waals surface area contributed by atoms with Gasteiger partial charge >= 0.3 is 0 Å². The third-order valence-corrected chi connectivity index (χ3v) is 3.15. The van der Waals surface area contributed by atoms with E-state index in [1.807, 2.05) is 4.90 Å². The van der Waals surface area contributed by atoms with Gasteiger partial charge in [-0.15, -0.1) is 0 Å². The van der Waals surface area contributed by atoms with E-state index < -0.39 is 5.92 Å². The summed E-state index contributed by atoms with van der Waals surface area (Å²) in [6.45, 7) is 3.73. The molecule has 2 saturated heterocycles. The van der Waals surface area contributed by atoms with Crippen LogP contribution >= 0.6 is 0 Å². The molecule has 0 bridgehead atoms. The van der Waals surface area contributed by atoms with Gasteiger partial charge < -0.3 is 5.32 Å². The van der Waals surface area contributed by atoms with E-state index in [0.29, 0.717) is 12.3 Å². The van der Waals surface area contributed by atoms with Gasteiger partial charge in [-0.25, -0.2) is 8.78 Å². The van der Waals surface area contributed by atoms with Crippen LogP contribution in [0.15, 0.2) is 0 Å². The molecule has 0 spiro atoms. The Hall–Kier alpha value is -0.220. The topological polar surface area (TPSA) is 15.3 Å². The highest BCUT2D eigenvalue weighted by molar-refractivity contribution is 4.82. The highest BCUT2D eigenvalue weighted by Crippen LogP contribution is 2.27. The Bertz CT molecular complexity index is 191. The number of halogens is 2. The van der Waals surface area contributed by atoms with E-state index >= 15 is 0 Å². The molecule has 0 aliphatic carbocycles. The van der Waals surface area contributed by atoms with Crippen LogP contribution in [0.5, 0.6) is 0 Å². The first kappa shape index (κ1) is 10.3. The van der Waals surface area contributed by atoms with Crippen molar-refractivity contribution in [3.8, 4) is 0 Å². The summed E-state index contributed by atoms with van der Waals surface area (Å²) in [6, 6.07) is 0. The summed E-state index contributed by atoms with van der Waals surface area (Å²) in [5.74, 6) is -1.85. The first-order chi connectivity index (χ1) is 6.66. The second-order valence-electron chi connectivity index (χ2n) is 4.55. The molecular weight excluding hydrogens is 186 g/mol. The Morgan fingerprint density at radius 1 is 1.43 bits per heavy atom. The lowest BCUT2D eigenvalue weighted by atomic mass is 10.0. The van der Waals surface area contributed by atoms with Crippen LogP contribution in [0.4, 0.5) is 8.78 Å². The first-order valence-electron chi connectivity index (χ1n) is 5.47. The van der Waals surface area contributed by atoms with Crippen molar-refractivity contribution in [3.63, 3.8) is 0 Å². The number of nitrogens with one attached hydrogen (secondary N) is 1. The Morgan fingerprint density at radius 2 is 2.29 bits per heavy atom. The minimum atomic E-state index is -2.44.